The molecule has 0 saturated carbocycles. The summed E-state index contributed by atoms with van der Waals surface area (Å²) < 4.78 is 0. The molecule has 3 rings (SSSR count). The average molecular weight is 446 g/mol. The summed E-state index contributed by atoms with van der Waals surface area (Å²) in [5, 5.41) is 7.91. The van der Waals surface area contributed by atoms with Crippen LogP contribution in [0, 0.1) is 0 Å². The molecule has 0 amide bonds. The Hall–Kier alpha value is -2.15. The number of fused-ring (bicyclic) bond motifs is 1. The summed E-state index contributed by atoms with van der Waals surface area (Å²) >= 11 is 0. The van der Waals surface area contributed by atoms with Crippen LogP contribution in [-0.2, 0) is 13.0 Å². The van der Waals surface area contributed by atoms with Crippen molar-refractivity contribution in [2.75, 3.05) is 13.6 Å². The van der Waals surface area contributed by atoms with E-state index in [-0.39, 0.29) is 24.0 Å². The number of benzene rings is 2. The Labute approximate surface area is 165 Å². The fraction of sp³-hybridized carbons (Fsp3) is 0.200. The van der Waals surface area contributed by atoms with Crippen LogP contribution in [0.3, 0.4) is 0 Å². The predicted molar refractivity (Wildman–Crippen MR) is 116 cm³/mol. The molecule has 1 aromatic heterocycles. The molecule has 0 fully saturated rings. The highest BCUT2D eigenvalue weighted by atomic mass is 127. The minimum absolute atomic E-state index is 0. The fourth-order valence-corrected chi connectivity index (χ4v) is 2.68. The number of halogens is 1. The Morgan fingerprint density at radius 3 is 2.52 bits per heavy atom. The van der Waals surface area contributed by atoms with Gasteiger partial charge in [0.15, 0.2) is 5.96 Å². The van der Waals surface area contributed by atoms with Crippen molar-refractivity contribution in [1.29, 1.82) is 0 Å². The number of hydrogen-bond donors (Lipinski definition) is 2. The van der Waals surface area contributed by atoms with Gasteiger partial charge in [-0.1, -0.05) is 48.5 Å². The number of guanidine groups is 1. The summed E-state index contributed by atoms with van der Waals surface area (Å²) in [5.41, 5.74) is 3.55. The third-order valence-corrected chi connectivity index (χ3v) is 3.96. The number of aliphatic imine (C=N–C) groups is 1. The van der Waals surface area contributed by atoms with E-state index in [0.29, 0.717) is 6.54 Å². The van der Waals surface area contributed by atoms with Crippen LogP contribution in [0.25, 0.3) is 10.9 Å². The van der Waals surface area contributed by atoms with E-state index in [2.05, 4.69) is 50.9 Å². The molecule has 0 aliphatic heterocycles. The Morgan fingerprint density at radius 1 is 0.960 bits per heavy atom. The number of nitrogens with one attached hydrogen (secondary N) is 2. The van der Waals surface area contributed by atoms with Crippen LogP contribution in [0.15, 0.2) is 71.9 Å². The minimum atomic E-state index is 0. The number of hydrogen-bond acceptors (Lipinski definition) is 2. The lowest BCUT2D eigenvalue weighted by atomic mass is 10.1. The molecule has 0 aliphatic carbocycles. The van der Waals surface area contributed by atoms with Crippen LogP contribution in [0.1, 0.15) is 11.1 Å². The van der Waals surface area contributed by atoms with Crippen molar-refractivity contribution in [3.63, 3.8) is 0 Å². The van der Waals surface area contributed by atoms with Gasteiger partial charge in [0.25, 0.3) is 0 Å². The van der Waals surface area contributed by atoms with Gasteiger partial charge in [0.05, 0.1) is 5.52 Å². The second-order valence-corrected chi connectivity index (χ2v) is 5.58. The lowest BCUT2D eigenvalue weighted by Crippen LogP contribution is -2.37. The summed E-state index contributed by atoms with van der Waals surface area (Å²) in [5.74, 6) is 0.812. The first kappa shape index (κ1) is 19.2. The van der Waals surface area contributed by atoms with Crippen molar-refractivity contribution < 1.29 is 0 Å². The van der Waals surface area contributed by atoms with Gasteiger partial charge in [-0.3, -0.25) is 9.98 Å². The Kier molecular flexibility index (Phi) is 7.66. The van der Waals surface area contributed by atoms with Gasteiger partial charge >= 0.3 is 0 Å². The first-order valence-corrected chi connectivity index (χ1v) is 8.18. The molecule has 3 aromatic rings. The third-order valence-electron chi connectivity index (χ3n) is 3.96. The first-order valence-electron chi connectivity index (χ1n) is 8.18. The number of aromatic nitrogens is 1. The molecule has 0 saturated heterocycles. The zero-order valence-electron chi connectivity index (χ0n) is 14.3. The lowest BCUT2D eigenvalue weighted by Gasteiger charge is -2.13. The molecule has 0 atom stereocenters. The molecule has 2 N–H and O–H groups in total. The van der Waals surface area contributed by atoms with Gasteiger partial charge in [0, 0.05) is 31.7 Å². The zero-order valence-corrected chi connectivity index (χ0v) is 16.6. The predicted octanol–water partition coefficient (Wildman–Crippen LogP) is 3.76. The molecule has 1 heterocycles. The first-order chi connectivity index (χ1) is 11.9. The summed E-state index contributed by atoms with van der Waals surface area (Å²) in [6.45, 7) is 1.56. The van der Waals surface area contributed by atoms with E-state index in [9.17, 15) is 0 Å². The second-order valence-electron chi connectivity index (χ2n) is 5.58. The molecule has 5 heteroatoms. The van der Waals surface area contributed by atoms with Crippen molar-refractivity contribution in [2.45, 2.75) is 13.0 Å². The standard InChI is InChI=1S/C20H22N4.HI/c1-21-20(23-13-11-16-7-3-2-4-8-16)24-15-17-12-14-22-19-10-6-5-9-18(17)19;/h2-10,12,14H,11,13,15H2,1H3,(H2,21,23,24);1H. The molecular formula is C20H23IN4. The molecule has 0 aliphatic rings. The molecule has 25 heavy (non-hydrogen) atoms. The van der Waals surface area contributed by atoms with Crippen LogP contribution in [-0.4, -0.2) is 24.5 Å². The fourth-order valence-electron chi connectivity index (χ4n) is 2.68. The van der Waals surface area contributed by atoms with E-state index in [1.165, 1.54) is 16.5 Å². The SMILES string of the molecule is CN=C(NCCc1ccccc1)NCc1ccnc2ccccc12.I. The van der Waals surface area contributed by atoms with Gasteiger partial charge in [-0.2, -0.15) is 0 Å². The Morgan fingerprint density at radius 2 is 1.72 bits per heavy atom. The van der Waals surface area contributed by atoms with Crippen molar-refractivity contribution in [1.82, 2.24) is 15.6 Å². The van der Waals surface area contributed by atoms with Gasteiger partial charge in [-0.05, 0) is 29.7 Å². The number of nitrogens with zero attached hydrogens (tertiary/aromatic N) is 2. The number of pyridine rings is 1. The third kappa shape index (κ3) is 5.42. The minimum Gasteiger partial charge on any atom is -0.356 e. The largest absolute Gasteiger partial charge is 0.356 e. The van der Waals surface area contributed by atoms with Gasteiger partial charge in [-0.25, -0.2) is 0 Å². The molecule has 0 unspecified atom stereocenters. The molecule has 4 nitrogen and oxygen atoms in total. The second kappa shape index (κ2) is 9.98. The zero-order chi connectivity index (χ0) is 16.6. The van der Waals surface area contributed by atoms with Gasteiger partial charge in [-0.15, -0.1) is 24.0 Å². The lowest BCUT2D eigenvalue weighted by molar-refractivity contribution is 0.796. The van der Waals surface area contributed by atoms with E-state index in [4.69, 9.17) is 0 Å². The van der Waals surface area contributed by atoms with Gasteiger partial charge in [0.1, 0.15) is 0 Å². The molecule has 0 bridgehead atoms. The summed E-state index contributed by atoms with van der Waals surface area (Å²) in [6.07, 6.45) is 2.82. The van der Waals surface area contributed by atoms with Gasteiger partial charge in [0.2, 0.25) is 0 Å². The van der Waals surface area contributed by atoms with Crippen LogP contribution in [0.5, 0.6) is 0 Å². The quantitative estimate of drug-likeness (QED) is 0.357. The monoisotopic (exact) mass is 446 g/mol. The van der Waals surface area contributed by atoms with Crippen LogP contribution in [0.2, 0.25) is 0 Å². The summed E-state index contributed by atoms with van der Waals surface area (Å²) in [4.78, 5) is 8.69. The molecule has 0 spiro atoms. The average Bonchev–Trinajstić information content (AvgIpc) is 2.65. The van der Waals surface area contributed by atoms with Gasteiger partial charge < -0.3 is 10.6 Å². The van der Waals surface area contributed by atoms with E-state index >= 15 is 0 Å². The number of para-hydroxylation sites is 1. The van der Waals surface area contributed by atoms with Crippen molar-refractivity contribution in [3.05, 3.63) is 78.0 Å². The molecule has 130 valence electrons. The highest BCUT2D eigenvalue weighted by Crippen LogP contribution is 2.15. The Balaban J connectivity index is 0.00000225. The topological polar surface area (TPSA) is 49.3 Å². The molecular weight excluding hydrogens is 423 g/mol. The highest BCUT2D eigenvalue weighted by molar-refractivity contribution is 14.0. The van der Waals surface area contributed by atoms with E-state index in [1.807, 2.05) is 36.5 Å². The number of rotatable bonds is 5. The van der Waals surface area contributed by atoms with Crippen LogP contribution < -0.4 is 10.6 Å². The van der Waals surface area contributed by atoms with E-state index < -0.39 is 0 Å². The van der Waals surface area contributed by atoms with Crippen LogP contribution in [0.4, 0.5) is 0 Å². The van der Waals surface area contributed by atoms with Crippen molar-refractivity contribution in [3.8, 4) is 0 Å². The van der Waals surface area contributed by atoms with Crippen molar-refractivity contribution >= 4 is 40.8 Å². The maximum Gasteiger partial charge on any atom is 0.191 e. The normalized spacial score (nSPS) is 11.0. The highest BCUT2D eigenvalue weighted by Gasteiger charge is 2.03. The van der Waals surface area contributed by atoms with E-state index in [1.54, 1.807) is 7.05 Å². The Bertz CT molecular complexity index is 813. The molecule has 2 aromatic carbocycles. The smallest absolute Gasteiger partial charge is 0.191 e. The van der Waals surface area contributed by atoms with E-state index in [0.717, 1.165) is 24.4 Å². The maximum atomic E-state index is 4.40. The molecule has 0 radical (unpaired) electrons. The van der Waals surface area contributed by atoms with Crippen LogP contribution >= 0.6 is 24.0 Å². The maximum absolute atomic E-state index is 4.40. The summed E-state index contributed by atoms with van der Waals surface area (Å²) in [7, 11) is 1.79. The summed E-state index contributed by atoms with van der Waals surface area (Å²) in [6, 6.07) is 20.7. The van der Waals surface area contributed by atoms with Crippen molar-refractivity contribution in [2.24, 2.45) is 4.99 Å².